The molecular weight excluding hydrogens is 462 g/mol. The average molecular weight is 490 g/mol. The van der Waals surface area contributed by atoms with E-state index < -0.39 is 17.9 Å². The van der Waals surface area contributed by atoms with Crippen molar-refractivity contribution in [2.75, 3.05) is 25.2 Å². The van der Waals surface area contributed by atoms with Crippen LogP contribution in [0.2, 0.25) is 0 Å². The summed E-state index contributed by atoms with van der Waals surface area (Å²) in [6, 6.07) is 16.1. The lowest BCUT2D eigenvalue weighted by molar-refractivity contribution is -0.127. The number of Topliss-reactive ketones (excluding diaryl/α,β-unsaturated/α-hetero) is 1. The van der Waals surface area contributed by atoms with Crippen molar-refractivity contribution in [3.05, 3.63) is 77.7 Å². The van der Waals surface area contributed by atoms with Crippen molar-refractivity contribution < 1.29 is 23.5 Å². The first kappa shape index (κ1) is 24.8. The van der Waals surface area contributed by atoms with Crippen LogP contribution in [0.5, 0.6) is 0 Å². The Kier molecular flexibility index (Phi) is 7.55. The first-order valence-electron chi connectivity index (χ1n) is 11.4. The molecule has 0 radical (unpaired) electrons. The van der Waals surface area contributed by atoms with E-state index >= 15 is 0 Å². The summed E-state index contributed by atoms with van der Waals surface area (Å²) in [6.45, 7) is 3.62. The van der Waals surface area contributed by atoms with Crippen LogP contribution in [0.4, 0.5) is 5.69 Å². The monoisotopic (exact) mass is 489 g/mol. The molecule has 1 atom stereocenters. The van der Waals surface area contributed by atoms with Crippen LogP contribution in [0.1, 0.15) is 34.8 Å². The minimum absolute atomic E-state index is 0.107. The van der Waals surface area contributed by atoms with Crippen molar-refractivity contribution in [1.82, 2.24) is 20.3 Å². The maximum Gasteiger partial charge on any atom is 0.251 e. The van der Waals surface area contributed by atoms with E-state index in [1.165, 1.54) is 23.6 Å². The second kappa shape index (κ2) is 11.0. The molecule has 2 aromatic carbocycles. The average Bonchev–Trinajstić information content (AvgIpc) is 3.48. The number of hydrogen-bond donors (Lipinski definition) is 1. The highest BCUT2D eigenvalue weighted by molar-refractivity contribution is 6.02. The number of methoxy groups -OCH3 is 1. The minimum atomic E-state index is -1.11. The van der Waals surface area contributed by atoms with Crippen molar-refractivity contribution >= 4 is 34.3 Å². The van der Waals surface area contributed by atoms with Crippen LogP contribution < -0.4 is 10.2 Å². The molecule has 0 aliphatic carbocycles. The number of para-hydroxylation sites is 1. The fourth-order valence-electron chi connectivity index (χ4n) is 3.88. The number of carbonyl (C=O) groups excluding carboxylic acids is 3. The largest absolute Gasteiger partial charge is 0.464 e. The molecule has 10 nitrogen and oxygen atoms in total. The number of ether oxygens (including phenoxy) is 1. The van der Waals surface area contributed by atoms with Crippen molar-refractivity contribution in [2.45, 2.75) is 26.4 Å². The Labute approximate surface area is 207 Å². The molecule has 0 saturated carbocycles. The van der Waals surface area contributed by atoms with Gasteiger partial charge in [0, 0.05) is 24.9 Å². The fraction of sp³-hybridized carbons (Fsp3) is 0.269. The van der Waals surface area contributed by atoms with E-state index in [9.17, 15) is 14.4 Å². The summed E-state index contributed by atoms with van der Waals surface area (Å²) in [5, 5.41) is 11.1. The molecule has 0 bridgehead atoms. The number of rotatable bonds is 10. The maximum absolute atomic E-state index is 13.9. The van der Waals surface area contributed by atoms with Gasteiger partial charge in [0.15, 0.2) is 11.8 Å². The second-order valence-electron chi connectivity index (χ2n) is 8.24. The summed E-state index contributed by atoms with van der Waals surface area (Å²) in [6.07, 6.45) is 0. The number of carbonyl (C=O) groups is 3. The third-order valence-corrected chi connectivity index (χ3v) is 5.67. The molecule has 0 saturated heterocycles. The number of nitrogens with zero attached hydrogens (tertiary/aromatic N) is 4. The fourth-order valence-corrected chi connectivity index (χ4v) is 3.88. The molecule has 4 rings (SSSR count). The Balaban J connectivity index is 1.77. The van der Waals surface area contributed by atoms with E-state index in [1.807, 2.05) is 18.2 Å². The second-order valence-corrected chi connectivity index (χ2v) is 8.24. The molecule has 10 heteroatoms. The first-order chi connectivity index (χ1) is 17.4. The third kappa shape index (κ3) is 5.33. The van der Waals surface area contributed by atoms with Crippen molar-refractivity contribution in [3.8, 4) is 0 Å². The quantitative estimate of drug-likeness (QED) is 0.269. The molecule has 1 N–H and O–H groups in total. The maximum atomic E-state index is 13.9. The van der Waals surface area contributed by atoms with Crippen LogP contribution in [0.15, 0.2) is 65.1 Å². The predicted octanol–water partition coefficient (Wildman–Crippen LogP) is 3.07. The van der Waals surface area contributed by atoms with Gasteiger partial charge in [0.05, 0.1) is 12.1 Å². The van der Waals surface area contributed by atoms with Crippen molar-refractivity contribution in [2.24, 2.45) is 0 Å². The van der Waals surface area contributed by atoms with Gasteiger partial charge in [0.25, 0.3) is 5.91 Å². The zero-order valence-corrected chi connectivity index (χ0v) is 20.3. The number of aryl methyl sites for hydroxylation is 1. The Morgan fingerprint density at radius 1 is 1.08 bits per heavy atom. The van der Waals surface area contributed by atoms with Gasteiger partial charge in [-0.1, -0.05) is 17.3 Å². The van der Waals surface area contributed by atoms with Crippen molar-refractivity contribution in [1.29, 1.82) is 0 Å². The molecule has 36 heavy (non-hydrogen) atoms. The summed E-state index contributed by atoms with van der Waals surface area (Å²) < 4.78 is 12.4. The molecule has 4 aromatic rings. The number of fused-ring (bicyclic) bond motifs is 1. The zero-order valence-electron chi connectivity index (χ0n) is 20.3. The number of benzene rings is 2. The lowest BCUT2D eigenvalue weighted by Crippen LogP contribution is -2.45. The van der Waals surface area contributed by atoms with Crippen LogP contribution in [0.25, 0.3) is 11.0 Å². The van der Waals surface area contributed by atoms with Crippen molar-refractivity contribution in [3.63, 3.8) is 0 Å². The summed E-state index contributed by atoms with van der Waals surface area (Å²) in [5.74, 6) is -0.0591. The Hall–Kier alpha value is -4.31. The van der Waals surface area contributed by atoms with E-state index in [4.69, 9.17) is 9.15 Å². The Morgan fingerprint density at radius 2 is 1.83 bits per heavy atom. The van der Waals surface area contributed by atoms with Gasteiger partial charge in [0.2, 0.25) is 5.91 Å². The lowest BCUT2D eigenvalue weighted by Gasteiger charge is -2.30. The van der Waals surface area contributed by atoms with E-state index in [1.54, 1.807) is 49.4 Å². The third-order valence-electron chi connectivity index (χ3n) is 5.67. The Bertz CT molecular complexity index is 1370. The summed E-state index contributed by atoms with van der Waals surface area (Å²) in [4.78, 5) is 40.5. The summed E-state index contributed by atoms with van der Waals surface area (Å²) >= 11 is 0. The minimum Gasteiger partial charge on any atom is -0.464 e. The Morgan fingerprint density at radius 3 is 2.50 bits per heavy atom. The highest BCUT2D eigenvalue weighted by atomic mass is 16.5. The molecule has 0 spiro atoms. The highest BCUT2D eigenvalue weighted by Gasteiger charge is 2.35. The van der Waals surface area contributed by atoms with E-state index in [0.717, 1.165) is 0 Å². The van der Waals surface area contributed by atoms with Gasteiger partial charge < -0.3 is 14.5 Å². The number of amides is 2. The topological polar surface area (TPSA) is 120 Å². The van der Waals surface area contributed by atoms with Gasteiger partial charge in [-0.3, -0.25) is 19.3 Å². The number of anilines is 1. The molecule has 2 aromatic heterocycles. The smallest absolute Gasteiger partial charge is 0.251 e. The SMILES string of the molecule is COCCNC(=O)[C@H](c1ccc(C)o1)N(C(=O)Cn1nnc2ccccc21)c1ccc(C(C)=O)cc1. The molecule has 186 valence electrons. The van der Waals surface area contributed by atoms with Gasteiger partial charge in [-0.15, -0.1) is 5.10 Å². The molecule has 2 amide bonds. The summed E-state index contributed by atoms with van der Waals surface area (Å²) in [5.41, 5.74) is 2.25. The molecule has 0 unspecified atom stereocenters. The molecule has 0 fully saturated rings. The number of ketones is 1. The number of furan rings is 1. The van der Waals surface area contributed by atoms with Crippen LogP contribution in [-0.2, 0) is 20.9 Å². The summed E-state index contributed by atoms with van der Waals surface area (Å²) in [7, 11) is 1.54. The molecule has 2 heterocycles. The molecular formula is C26H27N5O5. The zero-order chi connectivity index (χ0) is 25.7. The van der Waals surface area contributed by atoms with E-state index in [2.05, 4.69) is 15.6 Å². The normalized spacial score (nSPS) is 11.9. The lowest BCUT2D eigenvalue weighted by atomic mass is 10.1. The van der Waals surface area contributed by atoms with Crippen LogP contribution >= 0.6 is 0 Å². The van der Waals surface area contributed by atoms with Gasteiger partial charge >= 0.3 is 0 Å². The van der Waals surface area contributed by atoms with E-state index in [0.29, 0.717) is 40.4 Å². The van der Waals surface area contributed by atoms with Gasteiger partial charge in [-0.25, -0.2) is 4.68 Å². The number of hydrogen-bond acceptors (Lipinski definition) is 7. The van der Waals surface area contributed by atoms with Gasteiger partial charge in [-0.2, -0.15) is 0 Å². The molecule has 0 aliphatic rings. The van der Waals surface area contributed by atoms with Gasteiger partial charge in [0.1, 0.15) is 23.6 Å². The predicted molar refractivity (Wildman–Crippen MR) is 133 cm³/mol. The molecule has 0 aliphatic heterocycles. The number of aromatic nitrogens is 3. The number of nitrogens with one attached hydrogen (secondary N) is 1. The van der Waals surface area contributed by atoms with Crippen LogP contribution in [0, 0.1) is 6.92 Å². The van der Waals surface area contributed by atoms with E-state index in [-0.39, 0.29) is 18.9 Å². The highest BCUT2D eigenvalue weighted by Crippen LogP contribution is 2.30. The van der Waals surface area contributed by atoms with Crippen LogP contribution in [0.3, 0.4) is 0 Å². The van der Waals surface area contributed by atoms with Gasteiger partial charge in [-0.05, 0) is 62.4 Å². The first-order valence-corrected chi connectivity index (χ1v) is 11.4. The van der Waals surface area contributed by atoms with Crippen LogP contribution in [-0.4, -0.2) is 52.9 Å². The standard InChI is InChI=1S/C26H27N5O5/c1-17-8-13-23(36-17)25(26(34)27-14-15-35-3)31(20-11-9-19(10-12-20)18(2)32)24(33)16-30-22-7-5-4-6-21(22)28-29-30/h4-13,25H,14-16H2,1-3H3,(H,27,34)/t25-/m0/s1.